The van der Waals surface area contributed by atoms with Crippen molar-refractivity contribution in [2.45, 2.75) is 26.2 Å². The molecule has 1 N–H and O–H groups in total. The molecule has 1 saturated heterocycles. The molecule has 2 heterocycles. The van der Waals surface area contributed by atoms with Crippen LogP contribution in [0.25, 0.3) is 0 Å². The molecule has 1 aromatic heterocycles. The van der Waals surface area contributed by atoms with Gasteiger partial charge in [0.2, 0.25) is 5.88 Å². The maximum atomic E-state index is 10.9. The molecule has 21 heavy (non-hydrogen) atoms. The topological polar surface area (TPSA) is 80.5 Å². The lowest BCUT2D eigenvalue weighted by molar-refractivity contribution is -0.384. The molecule has 7 nitrogen and oxygen atoms in total. The van der Waals surface area contributed by atoms with E-state index in [1.165, 1.54) is 25.0 Å². The Morgan fingerprint density at radius 3 is 2.86 bits per heavy atom. The van der Waals surface area contributed by atoms with Crippen molar-refractivity contribution >= 4 is 11.5 Å². The molecule has 0 aromatic carbocycles. The van der Waals surface area contributed by atoms with Crippen molar-refractivity contribution in [1.82, 2.24) is 9.88 Å². The van der Waals surface area contributed by atoms with E-state index < -0.39 is 4.92 Å². The lowest BCUT2D eigenvalue weighted by atomic mass is 10.3. The van der Waals surface area contributed by atoms with Crippen molar-refractivity contribution in [3.05, 3.63) is 22.2 Å². The highest BCUT2D eigenvalue weighted by Gasteiger charge is 2.14. The third-order valence-electron chi connectivity index (χ3n) is 3.41. The quantitative estimate of drug-likeness (QED) is 0.585. The van der Waals surface area contributed by atoms with E-state index in [9.17, 15) is 10.1 Å². The highest BCUT2D eigenvalue weighted by atomic mass is 16.6. The minimum Gasteiger partial charge on any atom is -0.476 e. The van der Waals surface area contributed by atoms with Gasteiger partial charge in [0.1, 0.15) is 12.4 Å². The zero-order valence-corrected chi connectivity index (χ0v) is 12.4. The summed E-state index contributed by atoms with van der Waals surface area (Å²) in [6.45, 7) is 6.30. The molecule has 0 unspecified atom stereocenters. The van der Waals surface area contributed by atoms with Crippen LogP contribution in [0.2, 0.25) is 0 Å². The van der Waals surface area contributed by atoms with Crippen molar-refractivity contribution in [3.63, 3.8) is 0 Å². The van der Waals surface area contributed by atoms with Gasteiger partial charge in [0.05, 0.1) is 17.1 Å². The van der Waals surface area contributed by atoms with Crippen molar-refractivity contribution in [2.75, 3.05) is 38.1 Å². The number of pyridine rings is 1. The summed E-state index contributed by atoms with van der Waals surface area (Å²) in [6, 6.07) is 2.81. The molecule has 2 rings (SSSR count). The van der Waals surface area contributed by atoms with Crippen LogP contribution in [0.1, 0.15) is 26.2 Å². The Morgan fingerprint density at radius 2 is 2.19 bits per heavy atom. The minimum absolute atomic E-state index is 0.000208. The first-order valence-corrected chi connectivity index (χ1v) is 7.44. The van der Waals surface area contributed by atoms with E-state index in [1.54, 1.807) is 0 Å². The lowest BCUT2D eigenvalue weighted by Crippen LogP contribution is -2.25. The predicted octanol–water partition coefficient (Wildman–Crippen LogP) is 2.29. The summed E-state index contributed by atoms with van der Waals surface area (Å²) >= 11 is 0. The number of nitrogens with one attached hydrogen (secondary N) is 1. The van der Waals surface area contributed by atoms with Gasteiger partial charge in [-0.1, -0.05) is 6.92 Å². The van der Waals surface area contributed by atoms with Gasteiger partial charge in [-0.25, -0.2) is 0 Å². The minimum atomic E-state index is -0.424. The van der Waals surface area contributed by atoms with Crippen LogP contribution in [-0.2, 0) is 0 Å². The normalized spacial score (nSPS) is 15.1. The second kappa shape index (κ2) is 7.78. The number of hydrogen-bond acceptors (Lipinski definition) is 6. The highest BCUT2D eigenvalue weighted by Crippen LogP contribution is 2.22. The first-order valence-electron chi connectivity index (χ1n) is 7.44. The fourth-order valence-electron chi connectivity index (χ4n) is 2.30. The number of likely N-dealkylation sites (tertiary alicyclic amines) is 1. The lowest BCUT2D eigenvalue weighted by Gasteiger charge is -2.14. The molecule has 0 atom stereocenters. The molecule has 0 radical (unpaired) electrons. The SMILES string of the molecule is CCCNc1cc([N+](=O)[O-])cc(OCCN2CCCC2)n1. The Balaban J connectivity index is 1.95. The van der Waals surface area contributed by atoms with E-state index in [0.29, 0.717) is 18.3 Å². The van der Waals surface area contributed by atoms with Gasteiger partial charge >= 0.3 is 0 Å². The van der Waals surface area contributed by atoms with Crippen LogP contribution >= 0.6 is 0 Å². The van der Waals surface area contributed by atoms with Gasteiger partial charge in [0.15, 0.2) is 0 Å². The molecule has 0 aliphatic carbocycles. The number of anilines is 1. The van der Waals surface area contributed by atoms with Crippen molar-refractivity contribution in [2.24, 2.45) is 0 Å². The molecule has 1 aromatic rings. The molecule has 0 bridgehead atoms. The molecule has 0 amide bonds. The third-order valence-corrected chi connectivity index (χ3v) is 3.41. The first-order chi connectivity index (χ1) is 10.2. The summed E-state index contributed by atoms with van der Waals surface area (Å²) in [6.07, 6.45) is 3.40. The summed E-state index contributed by atoms with van der Waals surface area (Å²) in [5, 5.41) is 14.0. The first kappa shape index (κ1) is 15.5. The Labute approximate surface area is 124 Å². The number of nitrogens with zero attached hydrogens (tertiary/aromatic N) is 3. The van der Waals surface area contributed by atoms with Crippen molar-refractivity contribution in [1.29, 1.82) is 0 Å². The molecule has 7 heteroatoms. The average molecular weight is 294 g/mol. The Kier molecular flexibility index (Phi) is 5.74. The maximum Gasteiger partial charge on any atom is 0.278 e. The van der Waals surface area contributed by atoms with Crippen LogP contribution in [0.5, 0.6) is 5.88 Å². The average Bonchev–Trinajstić information content (AvgIpc) is 2.98. The molecule has 0 spiro atoms. The highest BCUT2D eigenvalue weighted by molar-refractivity contribution is 5.48. The summed E-state index contributed by atoms with van der Waals surface area (Å²) in [5.74, 6) is 0.796. The summed E-state index contributed by atoms with van der Waals surface area (Å²) in [5.41, 5.74) is -0.000208. The fraction of sp³-hybridized carbons (Fsp3) is 0.643. The van der Waals surface area contributed by atoms with Gasteiger partial charge in [-0.2, -0.15) is 4.98 Å². The van der Waals surface area contributed by atoms with Crippen LogP contribution < -0.4 is 10.1 Å². The predicted molar refractivity (Wildman–Crippen MR) is 80.8 cm³/mol. The number of nitro groups is 1. The molecule has 0 saturated carbocycles. The molecular weight excluding hydrogens is 272 g/mol. The van der Waals surface area contributed by atoms with Crippen LogP contribution in [0.3, 0.4) is 0 Å². The monoisotopic (exact) mass is 294 g/mol. The van der Waals surface area contributed by atoms with Gasteiger partial charge in [-0.05, 0) is 32.4 Å². The van der Waals surface area contributed by atoms with E-state index in [4.69, 9.17) is 4.74 Å². The Hall–Kier alpha value is -1.89. The van der Waals surface area contributed by atoms with Gasteiger partial charge in [0.25, 0.3) is 5.69 Å². The second-order valence-corrected chi connectivity index (χ2v) is 5.13. The third kappa shape index (κ3) is 4.86. The van der Waals surface area contributed by atoms with E-state index in [-0.39, 0.29) is 5.69 Å². The van der Waals surface area contributed by atoms with Crippen LogP contribution in [0.15, 0.2) is 12.1 Å². The van der Waals surface area contributed by atoms with E-state index >= 15 is 0 Å². The number of hydrogen-bond donors (Lipinski definition) is 1. The Morgan fingerprint density at radius 1 is 1.43 bits per heavy atom. The molecule has 1 aliphatic rings. The Bertz CT molecular complexity index is 475. The largest absolute Gasteiger partial charge is 0.476 e. The van der Waals surface area contributed by atoms with Gasteiger partial charge < -0.3 is 10.1 Å². The summed E-state index contributed by atoms with van der Waals surface area (Å²) < 4.78 is 5.58. The smallest absolute Gasteiger partial charge is 0.278 e. The maximum absolute atomic E-state index is 10.9. The van der Waals surface area contributed by atoms with Gasteiger partial charge in [-0.3, -0.25) is 15.0 Å². The van der Waals surface area contributed by atoms with E-state index in [2.05, 4.69) is 15.2 Å². The standard InChI is InChI=1S/C14H22N4O3/c1-2-5-15-13-10-12(18(19)20)11-14(16-13)21-9-8-17-6-3-4-7-17/h10-11H,2-9H2,1H3,(H,15,16). The number of aromatic nitrogens is 1. The van der Waals surface area contributed by atoms with E-state index in [0.717, 1.165) is 32.6 Å². The number of ether oxygens (including phenoxy) is 1. The van der Waals surface area contributed by atoms with Gasteiger partial charge in [0, 0.05) is 13.1 Å². The zero-order chi connectivity index (χ0) is 15.1. The van der Waals surface area contributed by atoms with Crippen LogP contribution in [0, 0.1) is 10.1 Å². The van der Waals surface area contributed by atoms with E-state index in [1.807, 2.05) is 6.92 Å². The molecular formula is C14H22N4O3. The number of rotatable bonds is 8. The van der Waals surface area contributed by atoms with Crippen LogP contribution in [-0.4, -0.2) is 47.6 Å². The summed E-state index contributed by atoms with van der Waals surface area (Å²) in [4.78, 5) is 17.1. The van der Waals surface area contributed by atoms with Crippen LogP contribution in [0.4, 0.5) is 11.5 Å². The molecule has 1 aliphatic heterocycles. The molecule has 1 fully saturated rings. The van der Waals surface area contributed by atoms with Gasteiger partial charge in [-0.15, -0.1) is 0 Å². The van der Waals surface area contributed by atoms with Crippen molar-refractivity contribution in [3.8, 4) is 5.88 Å². The second-order valence-electron chi connectivity index (χ2n) is 5.13. The van der Waals surface area contributed by atoms with Crippen molar-refractivity contribution < 1.29 is 9.66 Å². The molecule has 116 valence electrons. The summed E-state index contributed by atoms with van der Waals surface area (Å²) in [7, 11) is 0. The fourth-order valence-corrected chi connectivity index (χ4v) is 2.30. The zero-order valence-electron chi connectivity index (χ0n) is 12.4.